The minimum absolute atomic E-state index is 0.0187. The quantitative estimate of drug-likeness (QED) is 0.698. The number of Topliss-reactive ketones (excluding diaryl/α,β-unsaturated/α-hetero) is 2. The molecule has 3 nitrogen and oxygen atoms in total. The number of methoxy groups -OCH3 is 1. The highest BCUT2D eigenvalue weighted by Crippen LogP contribution is 2.37. The second-order valence-electron chi connectivity index (χ2n) is 5.44. The van der Waals surface area contributed by atoms with Crippen molar-refractivity contribution < 1.29 is 14.3 Å². The average Bonchev–Trinajstić information content (AvgIpc) is 2.65. The van der Waals surface area contributed by atoms with Gasteiger partial charge in [0.1, 0.15) is 5.75 Å². The molecule has 0 aliphatic carbocycles. The summed E-state index contributed by atoms with van der Waals surface area (Å²) in [5.41, 5.74) is 1.28. The fraction of sp³-hybridized carbons (Fsp3) is 0.263. The number of carbonyl (C=O) groups is 2. The molecule has 0 bridgehead atoms. The van der Waals surface area contributed by atoms with E-state index in [9.17, 15) is 9.59 Å². The van der Waals surface area contributed by atoms with Crippen molar-refractivity contribution in [3.05, 3.63) is 53.6 Å². The van der Waals surface area contributed by atoms with Crippen LogP contribution in [0.2, 0.25) is 0 Å². The van der Waals surface area contributed by atoms with Gasteiger partial charge in [-0.3, -0.25) is 9.59 Å². The standard InChI is InChI=1S/C19H18O3S2/c1-22-15-4-2-3-13(11-15)16(20)6-7-17(21)14-5-8-18-19(12-14)24-10-9-23-18/h2-5,8,11-12H,6-7,9-10H2,1H3. The molecule has 1 aliphatic heterocycles. The molecule has 2 aromatic rings. The van der Waals surface area contributed by atoms with Crippen LogP contribution in [-0.2, 0) is 0 Å². The topological polar surface area (TPSA) is 43.4 Å². The highest BCUT2D eigenvalue weighted by molar-refractivity contribution is 8.05. The number of thioether (sulfide) groups is 2. The summed E-state index contributed by atoms with van der Waals surface area (Å²) in [5.74, 6) is 2.82. The lowest BCUT2D eigenvalue weighted by Gasteiger charge is -2.15. The van der Waals surface area contributed by atoms with E-state index in [1.54, 1.807) is 43.1 Å². The van der Waals surface area contributed by atoms with E-state index >= 15 is 0 Å². The number of hydrogen-bond acceptors (Lipinski definition) is 5. The molecule has 24 heavy (non-hydrogen) atoms. The van der Waals surface area contributed by atoms with Gasteiger partial charge in [-0.15, -0.1) is 23.5 Å². The van der Waals surface area contributed by atoms with Gasteiger partial charge in [-0.05, 0) is 24.3 Å². The highest BCUT2D eigenvalue weighted by atomic mass is 32.2. The average molecular weight is 358 g/mol. The lowest BCUT2D eigenvalue weighted by Crippen LogP contribution is -2.06. The third-order valence-corrected chi connectivity index (χ3v) is 6.35. The van der Waals surface area contributed by atoms with Crippen LogP contribution in [-0.4, -0.2) is 30.2 Å². The van der Waals surface area contributed by atoms with Gasteiger partial charge in [-0.1, -0.05) is 18.2 Å². The van der Waals surface area contributed by atoms with Crippen molar-refractivity contribution in [1.29, 1.82) is 0 Å². The number of benzene rings is 2. The third-order valence-electron chi connectivity index (χ3n) is 3.83. The Bertz CT molecular complexity index is 771. The fourth-order valence-corrected chi connectivity index (χ4v) is 4.78. The van der Waals surface area contributed by atoms with Gasteiger partial charge in [0.25, 0.3) is 0 Å². The zero-order valence-corrected chi connectivity index (χ0v) is 15.0. The second kappa shape index (κ2) is 7.90. The first-order valence-electron chi connectivity index (χ1n) is 7.77. The molecular weight excluding hydrogens is 340 g/mol. The first-order chi connectivity index (χ1) is 11.7. The fourth-order valence-electron chi connectivity index (χ4n) is 2.53. The number of ether oxygens (including phenoxy) is 1. The Balaban J connectivity index is 1.63. The van der Waals surface area contributed by atoms with E-state index < -0.39 is 0 Å². The predicted molar refractivity (Wildman–Crippen MR) is 98.8 cm³/mol. The van der Waals surface area contributed by atoms with Crippen LogP contribution in [0.15, 0.2) is 52.3 Å². The Morgan fingerprint density at radius 2 is 1.58 bits per heavy atom. The number of fused-ring (bicyclic) bond motifs is 1. The van der Waals surface area contributed by atoms with E-state index in [1.165, 1.54) is 9.79 Å². The van der Waals surface area contributed by atoms with Crippen LogP contribution in [0, 0.1) is 0 Å². The van der Waals surface area contributed by atoms with Crippen LogP contribution < -0.4 is 4.74 Å². The van der Waals surface area contributed by atoms with Crippen molar-refractivity contribution in [2.75, 3.05) is 18.6 Å². The van der Waals surface area contributed by atoms with Gasteiger partial charge in [0.05, 0.1) is 7.11 Å². The number of carbonyl (C=O) groups excluding carboxylic acids is 2. The normalized spacial score (nSPS) is 13.2. The lowest BCUT2D eigenvalue weighted by atomic mass is 10.0. The molecule has 0 spiro atoms. The van der Waals surface area contributed by atoms with E-state index in [4.69, 9.17) is 4.74 Å². The summed E-state index contributed by atoms with van der Waals surface area (Å²) < 4.78 is 5.13. The molecule has 1 heterocycles. The predicted octanol–water partition coefficient (Wildman–Crippen LogP) is 4.74. The molecule has 0 N–H and O–H groups in total. The highest BCUT2D eigenvalue weighted by Gasteiger charge is 2.15. The zero-order valence-electron chi connectivity index (χ0n) is 13.4. The molecule has 0 radical (unpaired) electrons. The Morgan fingerprint density at radius 3 is 2.29 bits per heavy atom. The molecule has 0 saturated carbocycles. The van der Waals surface area contributed by atoms with Crippen molar-refractivity contribution >= 4 is 35.1 Å². The van der Waals surface area contributed by atoms with Crippen molar-refractivity contribution in [3.8, 4) is 5.75 Å². The molecule has 0 fully saturated rings. The molecular formula is C19H18O3S2. The van der Waals surface area contributed by atoms with Gasteiger partial charge < -0.3 is 4.74 Å². The van der Waals surface area contributed by atoms with E-state index in [0.29, 0.717) is 16.9 Å². The van der Waals surface area contributed by atoms with Gasteiger partial charge in [0.2, 0.25) is 0 Å². The molecule has 5 heteroatoms. The maximum atomic E-state index is 12.4. The maximum absolute atomic E-state index is 12.4. The molecule has 0 amide bonds. The lowest BCUT2D eigenvalue weighted by molar-refractivity contribution is 0.0917. The Hall–Kier alpha value is -1.72. The van der Waals surface area contributed by atoms with Gasteiger partial charge in [-0.25, -0.2) is 0 Å². The van der Waals surface area contributed by atoms with Gasteiger partial charge in [0, 0.05) is 45.3 Å². The largest absolute Gasteiger partial charge is 0.497 e. The van der Waals surface area contributed by atoms with Crippen molar-refractivity contribution in [1.82, 2.24) is 0 Å². The van der Waals surface area contributed by atoms with Crippen LogP contribution in [0.5, 0.6) is 5.75 Å². The molecule has 2 aromatic carbocycles. The summed E-state index contributed by atoms with van der Waals surface area (Å²) in [5, 5.41) is 0. The van der Waals surface area contributed by atoms with E-state index in [-0.39, 0.29) is 24.4 Å². The summed E-state index contributed by atoms with van der Waals surface area (Å²) in [7, 11) is 1.57. The molecule has 0 unspecified atom stereocenters. The first kappa shape index (κ1) is 17.1. The molecule has 0 aromatic heterocycles. The van der Waals surface area contributed by atoms with Crippen molar-refractivity contribution in [2.24, 2.45) is 0 Å². The smallest absolute Gasteiger partial charge is 0.163 e. The monoisotopic (exact) mass is 358 g/mol. The van der Waals surface area contributed by atoms with Crippen LogP contribution in [0.25, 0.3) is 0 Å². The molecule has 124 valence electrons. The minimum Gasteiger partial charge on any atom is -0.497 e. The van der Waals surface area contributed by atoms with Crippen LogP contribution in [0.3, 0.4) is 0 Å². The van der Waals surface area contributed by atoms with Gasteiger partial charge in [-0.2, -0.15) is 0 Å². The van der Waals surface area contributed by atoms with Crippen LogP contribution >= 0.6 is 23.5 Å². The van der Waals surface area contributed by atoms with Gasteiger partial charge in [0.15, 0.2) is 11.6 Å². The SMILES string of the molecule is COc1cccc(C(=O)CCC(=O)c2ccc3c(c2)SCCS3)c1. The van der Waals surface area contributed by atoms with E-state index in [2.05, 4.69) is 0 Å². The molecule has 0 saturated heterocycles. The number of rotatable bonds is 6. The molecule has 3 rings (SSSR count). The summed E-state index contributed by atoms with van der Waals surface area (Å²) in [4.78, 5) is 27.1. The summed E-state index contributed by atoms with van der Waals surface area (Å²) in [6.45, 7) is 0. The summed E-state index contributed by atoms with van der Waals surface area (Å²) >= 11 is 3.62. The second-order valence-corrected chi connectivity index (χ2v) is 7.71. The minimum atomic E-state index is -0.0369. The first-order valence-corrected chi connectivity index (χ1v) is 9.74. The third kappa shape index (κ3) is 4.02. The summed E-state index contributed by atoms with van der Waals surface area (Å²) in [6, 6.07) is 12.9. The van der Waals surface area contributed by atoms with Crippen LogP contribution in [0.1, 0.15) is 33.6 Å². The number of ketones is 2. The zero-order chi connectivity index (χ0) is 16.9. The van der Waals surface area contributed by atoms with E-state index in [0.717, 1.165) is 11.5 Å². The van der Waals surface area contributed by atoms with Crippen LogP contribution in [0.4, 0.5) is 0 Å². The Labute approximate surface area is 150 Å². The Morgan fingerprint density at radius 1 is 0.917 bits per heavy atom. The van der Waals surface area contributed by atoms with Gasteiger partial charge >= 0.3 is 0 Å². The van der Waals surface area contributed by atoms with E-state index in [1.807, 2.05) is 30.0 Å². The maximum Gasteiger partial charge on any atom is 0.163 e. The van der Waals surface area contributed by atoms with Crippen molar-refractivity contribution in [3.63, 3.8) is 0 Å². The molecule has 0 atom stereocenters. The number of hydrogen-bond donors (Lipinski definition) is 0. The summed E-state index contributed by atoms with van der Waals surface area (Å²) in [6.07, 6.45) is 0.442. The Kier molecular flexibility index (Phi) is 5.63. The molecule has 1 aliphatic rings. The van der Waals surface area contributed by atoms with Crippen molar-refractivity contribution in [2.45, 2.75) is 22.6 Å².